The van der Waals surface area contributed by atoms with Crippen molar-refractivity contribution in [3.05, 3.63) is 0 Å². The van der Waals surface area contributed by atoms with Crippen molar-refractivity contribution in [1.82, 2.24) is 5.32 Å². The summed E-state index contributed by atoms with van der Waals surface area (Å²) in [6, 6.07) is 0. The molecule has 0 amide bonds. The molecule has 1 fully saturated rings. The SMILES string of the molecule is CC(C)CNC[C@H]1O[C@H](O)[C@@H](O)[C@@H]1O. The number of ether oxygens (including phenoxy) is 1. The van der Waals surface area contributed by atoms with Crippen molar-refractivity contribution in [3.63, 3.8) is 0 Å². The zero-order valence-electron chi connectivity index (χ0n) is 8.55. The van der Waals surface area contributed by atoms with Gasteiger partial charge in [0.25, 0.3) is 0 Å². The zero-order valence-corrected chi connectivity index (χ0v) is 8.55. The summed E-state index contributed by atoms with van der Waals surface area (Å²) in [5.74, 6) is 0.517. The summed E-state index contributed by atoms with van der Waals surface area (Å²) in [5, 5.41) is 30.8. The van der Waals surface area contributed by atoms with Crippen molar-refractivity contribution in [3.8, 4) is 0 Å². The van der Waals surface area contributed by atoms with Crippen LogP contribution in [0.3, 0.4) is 0 Å². The number of hydrogen-bond donors (Lipinski definition) is 4. The first-order valence-corrected chi connectivity index (χ1v) is 4.92. The van der Waals surface area contributed by atoms with E-state index in [2.05, 4.69) is 19.2 Å². The molecule has 1 aliphatic heterocycles. The van der Waals surface area contributed by atoms with E-state index >= 15 is 0 Å². The Morgan fingerprint density at radius 1 is 1.21 bits per heavy atom. The molecular weight excluding hydrogens is 186 g/mol. The van der Waals surface area contributed by atoms with E-state index in [0.717, 1.165) is 6.54 Å². The number of rotatable bonds is 4. The molecule has 1 heterocycles. The molecule has 0 radical (unpaired) electrons. The lowest BCUT2D eigenvalue weighted by molar-refractivity contribution is -0.126. The van der Waals surface area contributed by atoms with E-state index in [0.29, 0.717) is 12.5 Å². The Kier molecular flexibility index (Phi) is 4.28. The number of nitrogens with one attached hydrogen (secondary N) is 1. The molecule has 14 heavy (non-hydrogen) atoms. The third-order valence-electron chi connectivity index (χ3n) is 2.24. The van der Waals surface area contributed by atoms with Gasteiger partial charge in [-0.15, -0.1) is 0 Å². The number of hydrogen-bond acceptors (Lipinski definition) is 5. The fraction of sp³-hybridized carbons (Fsp3) is 1.00. The van der Waals surface area contributed by atoms with Crippen LogP contribution < -0.4 is 5.32 Å². The largest absolute Gasteiger partial charge is 0.387 e. The van der Waals surface area contributed by atoms with Crippen LogP contribution in [0.15, 0.2) is 0 Å². The molecule has 0 bridgehead atoms. The molecule has 0 unspecified atom stereocenters. The van der Waals surface area contributed by atoms with Gasteiger partial charge < -0.3 is 25.4 Å². The first kappa shape index (κ1) is 11.9. The fourth-order valence-corrected chi connectivity index (χ4v) is 1.41. The van der Waals surface area contributed by atoms with Gasteiger partial charge >= 0.3 is 0 Å². The van der Waals surface area contributed by atoms with Crippen molar-refractivity contribution in [2.75, 3.05) is 13.1 Å². The first-order chi connectivity index (χ1) is 6.52. The molecule has 4 N–H and O–H groups in total. The van der Waals surface area contributed by atoms with Gasteiger partial charge in [0.1, 0.15) is 18.3 Å². The molecule has 5 nitrogen and oxygen atoms in total. The van der Waals surface area contributed by atoms with Crippen LogP contribution in [0, 0.1) is 5.92 Å². The van der Waals surface area contributed by atoms with E-state index in [-0.39, 0.29) is 0 Å². The van der Waals surface area contributed by atoms with E-state index < -0.39 is 24.6 Å². The summed E-state index contributed by atoms with van der Waals surface area (Å²) in [5.41, 5.74) is 0. The normalized spacial score (nSPS) is 38.1. The lowest BCUT2D eigenvalue weighted by Crippen LogP contribution is -2.38. The summed E-state index contributed by atoms with van der Waals surface area (Å²) in [7, 11) is 0. The lowest BCUT2D eigenvalue weighted by Gasteiger charge is -2.15. The summed E-state index contributed by atoms with van der Waals surface area (Å²) < 4.78 is 4.96. The van der Waals surface area contributed by atoms with Gasteiger partial charge in [-0.2, -0.15) is 0 Å². The second kappa shape index (κ2) is 5.04. The van der Waals surface area contributed by atoms with E-state index in [1.807, 2.05) is 0 Å². The third-order valence-corrected chi connectivity index (χ3v) is 2.24. The Labute approximate surface area is 83.7 Å². The van der Waals surface area contributed by atoms with Gasteiger partial charge in [0, 0.05) is 6.54 Å². The second-order valence-corrected chi connectivity index (χ2v) is 4.10. The van der Waals surface area contributed by atoms with Gasteiger partial charge in [-0.3, -0.25) is 0 Å². The summed E-state index contributed by atoms with van der Waals surface area (Å²) >= 11 is 0. The van der Waals surface area contributed by atoms with Gasteiger partial charge in [-0.25, -0.2) is 0 Å². The van der Waals surface area contributed by atoms with Crippen LogP contribution in [0.1, 0.15) is 13.8 Å². The second-order valence-electron chi connectivity index (χ2n) is 4.10. The maximum absolute atomic E-state index is 9.42. The molecule has 5 heteroatoms. The Bertz CT molecular complexity index is 176. The van der Waals surface area contributed by atoms with Crippen molar-refractivity contribution >= 4 is 0 Å². The van der Waals surface area contributed by atoms with Crippen LogP contribution in [-0.2, 0) is 4.74 Å². The van der Waals surface area contributed by atoms with Crippen molar-refractivity contribution in [2.45, 2.75) is 38.4 Å². The molecule has 0 aromatic rings. The number of aliphatic hydroxyl groups excluding tert-OH is 3. The predicted molar refractivity (Wildman–Crippen MR) is 50.6 cm³/mol. The van der Waals surface area contributed by atoms with E-state index in [1.165, 1.54) is 0 Å². The van der Waals surface area contributed by atoms with Crippen LogP contribution in [0.25, 0.3) is 0 Å². The maximum atomic E-state index is 9.42. The molecule has 1 aliphatic rings. The van der Waals surface area contributed by atoms with Crippen LogP contribution in [0.5, 0.6) is 0 Å². The Morgan fingerprint density at radius 2 is 1.86 bits per heavy atom. The average Bonchev–Trinajstić information content (AvgIpc) is 2.33. The minimum Gasteiger partial charge on any atom is -0.387 e. The molecule has 0 aromatic carbocycles. The predicted octanol–water partition coefficient (Wildman–Crippen LogP) is -1.33. The molecule has 0 spiro atoms. The molecule has 4 atom stereocenters. The van der Waals surface area contributed by atoms with Crippen LogP contribution in [-0.4, -0.2) is 53.0 Å². The highest BCUT2D eigenvalue weighted by Crippen LogP contribution is 2.18. The van der Waals surface area contributed by atoms with Crippen LogP contribution >= 0.6 is 0 Å². The van der Waals surface area contributed by atoms with Gasteiger partial charge in [0.15, 0.2) is 6.29 Å². The van der Waals surface area contributed by atoms with E-state index in [1.54, 1.807) is 0 Å². The van der Waals surface area contributed by atoms with Gasteiger partial charge in [0.2, 0.25) is 0 Å². The van der Waals surface area contributed by atoms with E-state index in [9.17, 15) is 10.2 Å². The Hall–Kier alpha value is -0.200. The van der Waals surface area contributed by atoms with Crippen LogP contribution in [0.2, 0.25) is 0 Å². The lowest BCUT2D eigenvalue weighted by atomic mass is 10.1. The molecule has 1 saturated heterocycles. The standard InChI is InChI=1S/C9H19NO4/c1-5(2)3-10-4-6-7(11)8(12)9(13)14-6/h5-13H,3-4H2,1-2H3/t6-,7-,8+,9+/m1/s1. The maximum Gasteiger partial charge on any atom is 0.184 e. The van der Waals surface area contributed by atoms with Gasteiger partial charge in [-0.05, 0) is 12.5 Å². The zero-order chi connectivity index (χ0) is 10.7. The minimum atomic E-state index is -1.27. The third kappa shape index (κ3) is 2.90. The molecule has 0 aliphatic carbocycles. The quantitative estimate of drug-likeness (QED) is 0.457. The van der Waals surface area contributed by atoms with Crippen molar-refractivity contribution in [2.24, 2.45) is 5.92 Å². The smallest absolute Gasteiger partial charge is 0.184 e. The molecule has 0 aromatic heterocycles. The molecular formula is C9H19NO4. The molecule has 1 rings (SSSR count). The summed E-state index contributed by atoms with van der Waals surface area (Å²) in [6.45, 7) is 5.40. The van der Waals surface area contributed by atoms with E-state index in [4.69, 9.17) is 9.84 Å². The Balaban J connectivity index is 2.25. The highest BCUT2D eigenvalue weighted by Gasteiger charge is 2.41. The summed E-state index contributed by atoms with van der Waals surface area (Å²) in [4.78, 5) is 0. The highest BCUT2D eigenvalue weighted by molar-refractivity contribution is 4.86. The van der Waals surface area contributed by atoms with Crippen molar-refractivity contribution < 1.29 is 20.1 Å². The minimum absolute atomic E-state index is 0.438. The number of aliphatic hydroxyl groups is 3. The van der Waals surface area contributed by atoms with Crippen LogP contribution in [0.4, 0.5) is 0 Å². The fourth-order valence-electron chi connectivity index (χ4n) is 1.41. The average molecular weight is 205 g/mol. The summed E-state index contributed by atoms with van der Waals surface area (Å²) in [6.07, 6.45) is -4.00. The molecule has 84 valence electrons. The monoisotopic (exact) mass is 205 g/mol. The molecule has 0 saturated carbocycles. The first-order valence-electron chi connectivity index (χ1n) is 4.92. The van der Waals surface area contributed by atoms with Gasteiger partial charge in [-0.1, -0.05) is 13.8 Å². The highest BCUT2D eigenvalue weighted by atomic mass is 16.6. The topological polar surface area (TPSA) is 82.0 Å². The van der Waals surface area contributed by atoms with Gasteiger partial charge in [0.05, 0.1) is 0 Å². The Morgan fingerprint density at radius 3 is 2.29 bits per heavy atom. The van der Waals surface area contributed by atoms with Crippen molar-refractivity contribution in [1.29, 1.82) is 0 Å².